The number of hydrogen-bond donors (Lipinski definition) is 1. The first kappa shape index (κ1) is 11.7. The molecule has 1 unspecified atom stereocenters. The van der Waals surface area contributed by atoms with Crippen LogP contribution in [0.4, 0.5) is 0 Å². The lowest BCUT2D eigenvalue weighted by Crippen LogP contribution is -2.36. The molecule has 0 spiro atoms. The Balaban J connectivity index is 3.31. The standard InChI is InChI=1S/C10H22N2/c1-9(2)6-7-11-10(3)8-12(4)5/h10-11H,1,6-8H2,2-5H3. The number of rotatable bonds is 6. The molecule has 0 aliphatic carbocycles. The van der Waals surface area contributed by atoms with Gasteiger partial charge in [0.05, 0.1) is 0 Å². The van der Waals surface area contributed by atoms with Gasteiger partial charge in [-0.2, -0.15) is 0 Å². The van der Waals surface area contributed by atoms with Crippen LogP contribution < -0.4 is 5.32 Å². The number of nitrogens with zero attached hydrogens (tertiary/aromatic N) is 1. The van der Waals surface area contributed by atoms with Crippen LogP contribution in [0.1, 0.15) is 20.3 Å². The number of hydrogen-bond acceptors (Lipinski definition) is 2. The molecular weight excluding hydrogens is 148 g/mol. The van der Waals surface area contributed by atoms with Gasteiger partial charge in [-0.25, -0.2) is 0 Å². The molecular formula is C10H22N2. The van der Waals surface area contributed by atoms with Gasteiger partial charge in [-0.3, -0.25) is 0 Å². The van der Waals surface area contributed by atoms with E-state index in [1.54, 1.807) is 0 Å². The van der Waals surface area contributed by atoms with E-state index in [0.717, 1.165) is 19.5 Å². The van der Waals surface area contributed by atoms with Crippen molar-refractivity contribution in [2.75, 3.05) is 27.2 Å². The molecule has 0 aliphatic rings. The molecule has 0 aromatic heterocycles. The average molecular weight is 170 g/mol. The van der Waals surface area contributed by atoms with Crippen molar-refractivity contribution in [3.63, 3.8) is 0 Å². The van der Waals surface area contributed by atoms with Crippen molar-refractivity contribution in [2.24, 2.45) is 0 Å². The predicted octanol–water partition coefficient (Wildman–Crippen LogP) is 1.49. The van der Waals surface area contributed by atoms with Gasteiger partial charge in [-0.05, 0) is 40.9 Å². The van der Waals surface area contributed by atoms with E-state index in [2.05, 4.69) is 44.7 Å². The van der Waals surface area contributed by atoms with Crippen LogP contribution in [-0.4, -0.2) is 38.1 Å². The summed E-state index contributed by atoms with van der Waals surface area (Å²) in [5, 5.41) is 3.44. The molecule has 0 aromatic carbocycles. The normalized spacial score (nSPS) is 13.4. The van der Waals surface area contributed by atoms with Gasteiger partial charge in [-0.1, -0.05) is 5.57 Å². The molecule has 2 nitrogen and oxygen atoms in total. The van der Waals surface area contributed by atoms with Crippen LogP contribution in [0.15, 0.2) is 12.2 Å². The number of nitrogens with one attached hydrogen (secondary N) is 1. The van der Waals surface area contributed by atoms with Crippen molar-refractivity contribution in [1.29, 1.82) is 0 Å². The molecule has 0 aromatic rings. The van der Waals surface area contributed by atoms with Gasteiger partial charge >= 0.3 is 0 Å². The lowest BCUT2D eigenvalue weighted by atomic mass is 10.2. The zero-order valence-corrected chi connectivity index (χ0v) is 8.85. The topological polar surface area (TPSA) is 15.3 Å². The third-order valence-electron chi connectivity index (χ3n) is 1.68. The van der Waals surface area contributed by atoms with Crippen LogP contribution in [0.25, 0.3) is 0 Å². The Labute approximate surface area is 76.6 Å². The average Bonchev–Trinajstić information content (AvgIpc) is 1.84. The molecule has 2 heteroatoms. The molecule has 12 heavy (non-hydrogen) atoms. The van der Waals surface area contributed by atoms with Crippen LogP contribution >= 0.6 is 0 Å². The summed E-state index contributed by atoms with van der Waals surface area (Å²) in [5.41, 5.74) is 1.25. The molecule has 0 bridgehead atoms. The maximum Gasteiger partial charge on any atom is 0.0166 e. The van der Waals surface area contributed by atoms with Crippen molar-refractivity contribution in [3.05, 3.63) is 12.2 Å². The minimum atomic E-state index is 0.569. The largest absolute Gasteiger partial charge is 0.313 e. The zero-order chi connectivity index (χ0) is 9.56. The van der Waals surface area contributed by atoms with Gasteiger partial charge in [0.25, 0.3) is 0 Å². The highest BCUT2D eigenvalue weighted by Gasteiger charge is 2.00. The SMILES string of the molecule is C=C(C)CCNC(C)CN(C)C. The highest BCUT2D eigenvalue weighted by atomic mass is 15.1. The predicted molar refractivity (Wildman–Crippen MR) is 55.4 cm³/mol. The molecule has 1 N–H and O–H groups in total. The van der Waals surface area contributed by atoms with E-state index in [4.69, 9.17) is 0 Å². The van der Waals surface area contributed by atoms with Crippen molar-refractivity contribution in [2.45, 2.75) is 26.3 Å². The fourth-order valence-corrected chi connectivity index (χ4v) is 1.14. The van der Waals surface area contributed by atoms with Gasteiger partial charge in [-0.15, -0.1) is 6.58 Å². The molecule has 0 amide bonds. The van der Waals surface area contributed by atoms with Crippen LogP contribution in [0.2, 0.25) is 0 Å². The van der Waals surface area contributed by atoms with Gasteiger partial charge in [0, 0.05) is 12.6 Å². The van der Waals surface area contributed by atoms with Crippen molar-refractivity contribution < 1.29 is 0 Å². The second-order valence-corrected chi connectivity index (χ2v) is 3.82. The van der Waals surface area contributed by atoms with E-state index in [1.807, 2.05) is 0 Å². The van der Waals surface area contributed by atoms with Gasteiger partial charge in [0.15, 0.2) is 0 Å². The van der Waals surface area contributed by atoms with E-state index in [0.29, 0.717) is 6.04 Å². The van der Waals surface area contributed by atoms with Crippen molar-refractivity contribution in [3.8, 4) is 0 Å². The van der Waals surface area contributed by atoms with Gasteiger partial charge in [0.1, 0.15) is 0 Å². The first-order chi connectivity index (χ1) is 5.52. The van der Waals surface area contributed by atoms with Gasteiger partial charge < -0.3 is 10.2 Å². The highest BCUT2D eigenvalue weighted by Crippen LogP contribution is 1.93. The third kappa shape index (κ3) is 7.76. The fourth-order valence-electron chi connectivity index (χ4n) is 1.14. The molecule has 1 atom stereocenters. The maximum absolute atomic E-state index is 3.86. The van der Waals surface area contributed by atoms with Crippen LogP contribution in [-0.2, 0) is 0 Å². The van der Waals surface area contributed by atoms with Crippen molar-refractivity contribution >= 4 is 0 Å². The Kier molecular flexibility index (Phi) is 6.03. The molecule has 72 valence electrons. The molecule has 0 saturated carbocycles. The summed E-state index contributed by atoms with van der Waals surface area (Å²) in [7, 11) is 4.19. The van der Waals surface area contributed by atoms with Crippen molar-refractivity contribution in [1.82, 2.24) is 10.2 Å². The summed E-state index contributed by atoms with van der Waals surface area (Å²) < 4.78 is 0. The quantitative estimate of drug-likeness (QED) is 0.608. The molecule has 0 aliphatic heterocycles. The van der Waals surface area contributed by atoms with Gasteiger partial charge in [0.2, 0.25) is 0 Å². The minimum absolute atomic E-state index is 0.569. The summed E-state index contributed by atoms with van der Waals surface area (Å²) >= 11 is 0. The maximum atomic E-state index is 3.86. The molecule has 0 rings (SSSR count). The Morgan fingerprint density at radius 1 is 1.50 bits per heavy atom. The van der Waals surface area contributed by atoms with Crippen LogP contribution in [0, 0.1) is 0 Å². The third-order valence-corrected chi connectivity index (χ3v) is 1.68. The lowest BCUT2D eigenvalue weighted by molar-refractivity contribution is 0.351. The molecule has 0 radical (unpaired) electrons. The van der Waals surface area contributed by atoms with E-state index in [9.17, 15) is 0 Å². The monoisotopic (exact) mass is 170 g/mol. The number of likely N-dealkylation sites (N-methyl/N-ethyl adjacent to an activating group) is 1. The van der Waals surface area contributed by atoms with E-state index < -0.39 is 0 Å². The molecule has 0 heterocycles. The molecule has 0 fully saturated rings. The summed E-state index contributed by atoms with van der Waals surface area (Å²) in [6, 6.07) is 0.569. The summed E-state index contributed by atoms with van der Waals surface area (Å²) in [6.45, 7) is 10.3. The Hall–Kier alpha value is -0.340. The summed E-state index contributed by atoms with van der Waals surface area (Å²) in [4.78, 5) is 2.19. The second-order valence-electron chi connectivity index (χ2n) is 3.82. The summed E-state index contributed by atoms with van der Waals surface area (Å²) in [5.74, 6) is 0. The Morgan fingerprint density at radius 2 is 2.08 bits per heavy atom. The lowest BCUT2D eigenvalue weighted by Gasteiger charge is -2.18. The minimum Gasteiger partial charge on any atom is -0.313 e. The Bertz CT molecular complexity index is 130. The van der Waals surface area contributed by atoms with E-state index in [1.165, 1.54) is 5.57 Å². The first-order valence-corrected chi connectivity index (χ1v) is 4.55. The zero-order valence-electron chi connectivity index (χ0n) is 8.85. The molecule has 0 saturated heterocycles. The fraction of sp³-hybridized carbons (Fsp3) is 0.800. The first-order valence-electron chi connectivity index (χ1n) is 4.55. The highest BCUT2D eigenvalue weighted by molar-refractivity contribution is 4.88. The van der Waals surface area contributed by atoms with Crippen LogP contribution in [0.5, 0.6) is 0 Å². The smallest absolute Gasteiger partial charge is 0.0166 e. The van der Waals surface area contributed by atoms with Crippen LogP contribution in [0.3, 0.4) is 0 Å². The van der Waals surface area contributed by atoms with E-state index >= 15 is 0 Å². The second kappa shape index (κ2) is 6.21. The summed E-state index contributed by atoms with van der Waals surface area (Å²) in [6.07, 6.45) is 1.08. The Morgan fingerprint density at radius 3 is 2.50 bits per heavy atom. The van der Waals surface area contributed by atoms with E-state index in [-0.39, 0.29) is 0 Å².